The number of hydrogen-bond donors (Lipinski definition) is 2. The SMILES string of the molecule is CCNC(=NCCc1nc(-c2cccc(Cl)c2)no1)N(C)CC(=O)NC(C)(C)C. The van der Waals surface area contributed by atoms with Crippen molar-refractivity contribution in [1.29, 1.82) is 0 Å². The van der Waals surface area contributed by atoms with Gasteiger partial charge in [0.05, 0.1) is 13.1 Å². The van der Waals surface area contributed by atoms with Gasteiger partial charge in [0.25, 0.3) is 0 Å². The molecule has 1 amide bonds. The van der Waals surface area contributed by atoms with E-state index in [-0.39, 0.29) is 18.0 Å². The van der Waals surface area contributed by atoms with Gasteiger partial charge < -0.3 is 20.1 Å². The molecule has 0 aliphatic heterocycles. The molecule has 1 heterocycles. The van der Waals surface area contributed by atoms with E-state index >= 15 is 0 Å². The Morgan fingerprint density at radius 2 is 2.10 bits per heavy atom. The lowest BCUT2D eigenvalue weighted by Gasteiger charge is -2.25. The highest BCUT2D eigenvalue weighted by Gasteiger charge is 2.17. The summed E-state index contributed by atoms with van der Waals surface area (Å²) in [5, 5.41) is 10.7. The van der Waals surface area contributed by atoms with Crippen LogP contribution in [0, 0.1) is 0 Å². The van der Waals surface area contributed by atoms with Crippen LogP contribution in [0.15, 0.2) is 33.8 Å². The lowest BCUT2D eigenvalue weighted by Crippen LogP contribution is -2.48. The first-order chi connectivity index (χ1) is 13.7. The van der Waals surface area contributed by atoms with Gasteiger partial charge in [-0.3, -0.25) is 9.79 Å². The first-order valence-electron chi connectivity index (χ1n) is 9.57. The highest BCUT2D eigenvalue weighted by atomic mass is 35.5. The fourth-order valence-corrected chi connectivity index (χ4v) is 2.77. The molecule has 0 radical (unpaired) electrons. The summed E-state index contributed by atoms with van der Waals surface area (Å²) in [6.07, 6.45) is 0.491. The fraction of sp³-hybridized carbons (Fsp3) is 0.500. The Bertz CT molecular complexity index is 843. The number of rotatable bonds is 7. The molecule has 0 atom stereocenters. The quantitative estimate of drug-likeness (QED) is 0.528. The van der Waals surface area contributed by atoms with Crippen LogP contribution in [0.25, 0.3) is 11.4 Å². The Labute approximate surface area is 176 Å². The van der Waals surface area contributed by atoms with Gasteiger partial charge in [-0.1, -0.05) is 28.9 Å². The van der Waals surface area contributed by atoms with Crippen molar-refractivity contribution in [3.63, 3.8) is 0 Å². The van der Waals surface area contributed by atoms with Crippen LogP contribution in [0.2, 0.25) is 5.02 Å². The van der Waals surface area contributed by atoms with Crippen molar-refractivity contribution in [2.24, 2.45) is 4.99 Å². The zero-order valence-electron chi connectivity index (χ0n) is 17.6. The molecule has 0 fully saturated rings. The molecule has 1 aromatic heterocycles. The van der Waals surface area contributed by atoms with Crippen molar-refractivity contribution in [3.8, 4) is 11.4 Å². The van der Waals surface area contributed by atoms with Crippen LogP contribution in [0.3, 0.4) is 0 Å². The topological polar surface area (TPSA) is 95.7 Å². The summed E-state index contributed by atoms with van der Waals surface area (Å²) >= 11 is 6.01. The van der Waals surface area contributed by atoms with Crippen LogP contribution < -0.4 is 10.6 Å². The van der Waals surface area contributed by atoms with Crippen molar-refractivity contribution < 1.29 is 9.32 Å². The van der Waals surface area contributed by atoms with Crippen LogP contribution in [0.1, 0.15) is 33.6 Å². The van der Waals surface area contributed by atoms with Gasteiger partial charge in [0.1, 0.15) is 0 Å². The van der Waals surface area contributed by atoms with E-state index in [0.717, 1.165) is 5.56 Å². The maximum absolute atomic E-state index is 12.2. The standard InChI is InChI=1S/C20H29ClN6O2/c1-6-22-19(27(5)13-16(28)25-20(2,3)4)23-11-10-17-24-18(26-29-17)14-8-7-9-15(21)12-14/h7-9,12H,6,10-11,13H2,1-5H3,(H,22,23)(H,25,28). The summed E-state index contributed by atoms with van der Waals surface area (Å²) < 4.78 is 5.31. The summed E-state index contributed by atoms with van der Waals surface area (Å²) in [6.45, 7) is 9.19. The molecular weight excluding hydrogens is 392 g/mol. The number of nitrogens with one attached hydrogen (secondary N) is 2. The minimum atomic E-state index is -0.272. The molecular formula is C20H29ClN6O2. The number of guanidine groups is 1. The minimum Gasteiger partial charge on any atom is -0.357 e. The van der Waals surface area contributed by atoms with Gasteiger partial charge in [-0.15, -0.1) is 0 Å². The summed E-state index contributed by atoms with van der Waals surface area (Å²) in [5.74, 6) is 1.57. The Kier molecular flexibility index (Phi) is 8.01. The number of amides is 1. The molecule has 0 bridgehead atoms. The van der Waals surface area contributed by atoms with Crippen LogP contribution in [0.5, 0.6) is 0 Å². The number of aliphatic imine (C=N–C) groups is 1. The third kappa shape index (κ3) is 7.73. The van der Waals surface area contributed by atoms with Crippen molar-refractivity contribution in [1.82, 2.24) is 25.7 Å². The number of carbonyl (C=O) groups is 1. The van der Waals surface area contributed by atoms with Gasteiger partial charge in [-0.2, -0.15) is 4.98 Å². The van der Waals surface area contributed by atoms with Crippen LogP contribution in [-0.4, -0.2) is 59.1 Å². The maximum atomic E-state index is 12.2. The van der Waals surface area contributed by atoms with E-state index in [0.29, 0.717) is 42.2 Å². The number of benzene rings is 1. The molecule has 2 N–H and O–H groups in total. The molecule has 1 aromatic carbocycles. The fourth-order valence-electron chi connectivity index (χ4n) is 2.58. The van der Waals surface area contributed by atoms with Crippen molar-refractivity contribution in [2.45, 2.75) is 39.7 Å². The molecule has 29 heavy (non-hydrogen) atoms. The summed E-state index contributed by atoms with van der Waals surface area (Å²) in [6, 6.07) is 7.29. The van der Waals surface area contributed by atoms with E-state index in [1.54, 1.807) is 17.0 Å². The van der Waals surface area contributed by atoms with E-state index < -0.39 is 0 Å². The average molecular weight is 421 g/mol. The van der Waals surface area contributed by atoms with E-state index in [2.05, 4.69) is 25.8 Å². The predicted octanol–water partition coefficient (Wildman–Crippen LogP) is 2.74. The summed E-state index contributed by atoms with van der Waals surface area (Å²) in [5.41, 5.74) is 0.528. The Balaban J connectivity index is 1.96. The predicted molar refractivity (Wildman–Crippen MR) is 115 cm³/mol. The molecule has 0 spiro atoms. The van der Waals surface area contributed by atoms with Gasteiger partial charge in [0, 0.05) is 36.1 Å². The van der Waals surface area contributed by atoms with Crippen LogP contribution >= 0.6 is 11.6 Å². The number of hydrogen-bond acceptors (Lipinski definition) is 5. The Morgan fingerprint density at radius 3 is 2.76 bits per heavy atom. The molecule has 8 nitrogen and oxygen atoms in total. The molecule has 158 valence electrons. The third-order valence-electron chi connectivity index (χ3n) is 3.73. The van der Waals surface area contributed by atoms with Gasteiger partial charge in [0.15, 0.2) is 5.96 Å². The first kappa shape index (κ1) is 22.7. The highest BCUT2D eigenvalue weighted by Crippen LogP contribution is 2.19. The smallest absolute Gasteiger partial charge is 0.240 e. The summed E-state index contributed by atoms with van der Waals surface area (Å²) in [4.78, 5) is 22.9. The maximum Gasteiger partial charge on any atom is 0.240 e. The van der Waals surface area contributed by atoms with Gasteiger partial charge in [0.2, 0.25) is 17.6 Å². The number of nitrogens with zero attached hydrogens (tertiary/aromatic N) is 4. The van der Waals surface area contributed by atoms with Gasteiger partial charge in [-0.25, -0.2) is 0 Å². The van der Waals surface area contributed by atoms with Crippen LogP contribution in [0.4, 0.5) is 0 Å². The second-order valence-corrected chi connectivity index (χ2v) is 8.10. The Hall–Kier alpha value is -2.61. The second kappa shape index (κ2) is 10.2. The molecule has 2 aromatic rings. The molecule has 2 rings (SSSR count). The number of carbonyl (C=O) groups excluding carboxylic acids is 1. The normalized spacial score (nSPS) is 12.0. The molecule has 0 aliphatic rings. The monoisotopic (exact) mass is 420 g/mol. The lowest BCUT2D eigenvalue weighted by atomic mass is 10.1. The number of aromatic nitrogens is 2. The number of halogens is 1. The summed E-state index contributed by atoms with van der Waals surface area (Å²) in [7, 11) is 1.83. The zero-order chi connectivity index (χ0) is 21.4. The van der Waals surface area contributed by atoms with Gasteiger partial charge in [-0.05, 0) is 39.8 Å². The van der Waals surface area contributed by atoms with Crippen molar-refractivity contribution in [2.75, 3.05) is 26.7 Å². The molecule has 0 unspecified atom stereocenters. The molecule has 0 saturated carbocycles. The Morgan fingerprint density at radius 1 is 1.34 bits per heavy atom. The molecule has 0 saturated heterocycles. The zero-order valence-corrected chi connectivity index (χ0v) is 18.4. The molecule has 0 aliphatic carbocycles. The van der Waals surface area contributed by atoms with E-state index in [1.807, 2.05) is 46.9 Å². The van der Waals surface area contributed by atoms with E-state index in [4.69, 9.17) is 16.1 Å². The van der Waals surface area contributed by atoms with Crippen molar-refractivity contribution in [3.05, 3.63) is 35.2 Å². The number of likely N-dealkylation sites (N-methyl/N-ethyl adjacent to an activating group) is 1. The average Bonchev–Trinajstić information content (AvgIpc) is 3.08. The minimum absolute atomic E-state index is 0.0614. The second-order valence-electron chi connectivity index (χ2n) is 7.66. The van der Waals surface area contributed by atoms with Crippen LogP contribution in [-0.2, 0) is 11.2 Å². The highest BCUT2D eigenvalue weighted by molar-refractivity contribution is 6.30. The largest absolute Gasteiger partial charge is 0.357 e. The first-order valence-corrected chi connectivity index (χ1v) is 9.94. The van der Waals surface area contributed by atoms with Crippen molar-refractivity contribution >= 4 is 23.5 Å². The lowest BCUT2D eigenvalue weighted by molar-refractivity contribution is -0.122. The molecule has 9 heteroatoms. The van der Waals surface area contributed by atoms with Gasteiger partial charge >= 0.3 is 0 Å². The third-order valence-corrected chi connectivity index (χ3v) is 3.96. The van der Waals surface area contributed by atoms with E-state index in [1.165, 1.54) is 0 Å². The van der Waals surface area contributed by atoms with E-state index in [9.17, 15) is 4.79 Å².